The lowest BCUT2D eigenvalue weighted by Crippen LogP contribution is -2.05. The van der Waals surface area contributed by atoms with Gasteiger partial charge in [-0.3, -0.25) is 0 Å². The van der Waals surface area contributed by atoms with Crippen LogP contribution in [0.25, 0.3) is 0 Å². The fraction of sp³-hybridized carbons (Fsp3) is 0.308. The molecule has 0 aliphatic carbocycles. The van der Waals surface area contributed by atoms with Crippen LogP contribution in [0.2, 0.25) is 5.02 Å². The summed E-state index contributed by atoms with van der Waals surface area (Å²) in [6.45, 7) is 6.04. The summed E-state index contributed by atoms with van der Waals surface area (Å²) in [5, 5.41) is 3.44. The number of aromatic nitrogens is 2. The first-order valence-electron chi connectivity index (χ1n) is 5.74. The van der Waals surface area contributed by atoms with Crippen LogP contribution in [0, 0.1) is 12.7 Å². The highest BCUT2D eigenvalue weighted by Crippen LogP contribution is 2.23. The molecule has 0 saturated heterocycles. The van der Waals surface area contributed by atoms with E-state index in [0.717, 1.165) is 5.69 Å². The van der Waals surface area contributed by atoms with Crippen molar-refractivity contribution in [2.45, 2.75) is 26.8 Å². The summed E-state index contributed by atoms with van der Waals surface area (Å²) in [6, 6.07) is 4.60. The molecule has 0 atom stereocenters. The molecule has 0 radical (unpaired) electrons. The van der Waals surface area contributed by atoms with Crippen molar-refractivity contribution in [2.75, 3.05) is 5.32 Å². The Kier molecular flexibility index (Phi) is 3.57. The van der Waals surface area contributed by atoms with Gasteiger partial charge in [-0.1, -0.05) is 11.6 Å². The predicted octanol–water partition coefficient (Wildman–Crippen LogP) is 4.31. The molecular weight excluding hydrogens is 253 g/mol. The van der Waals surface area contributed by atoms with Gasteiger partial charge in [0.1, 0.15) is 5.82 Å². The molecule has 2 aromatic rings. The number of halogens is 2. The number of hydrogen-bond acceptors (Lipinski definition) is 2. The Morgan fingerprint density at radius 2 is 2.06 bits per heavy atom. The zero-order valence-electron chi connectivity index (χ0n) is 10.5. The first-order chi connectivity index (χ1) is 8.45. The topological polar surface area (TPSA) is 29.9 Å². The summed E-state index contributed by atoms with van der Waals surface area (Å²) in [5.74, 6) is 0.313. The molecule has 0 saturated carbocycles. The van der Waals surface area contributed by atoms with E-state index in [1.54, 1.807) is 6.07 Å². The molecule has 3 nitrogen and oxygen atoms in total. The van der Waals surface area contributed by atoms with Gasteiger partial charge in [-0.25, -0.2) is 9.37 Å². The van der Waals surface area contributed by atoms with Gasteiger partial charge in [0, 0.05) is 22.9 Å². The number of anilines is 2. The predicted molar refractivity (Wildman–Crippen MR) is 72.0 cm³/mol. The van der Waals surface area contributed by atoms with Crippen LogP contribution in [0.5, 0.6) is 0 Å². The Bertz CT molecular complexity index is 543. The minimum atomic E-state index is -0.371. The normalized spacial score (nSPS) is 11.0. The summed E-state index contributed by atoms with van der Waals surface area (Å²) in [5.41, 5.74) is 1.50. The number of rotatable bonds is 3. The second kappa shape index (κ2) is 4.98. The van der Waals surface area contributed by atoms with Crippen LogP contribution in [0.4, 0.5) is 16.0 Å². The van der Waals surface area contributed by atoms with E-state index in [-0.39, 0.29) is 11.9 Å². The molecule has 96 valence electrons. The Labute approximate surface area is 111 Å². The summed E-state index contributed by atoms with van der Waals surface area (Å²) in [6.07, 6.45) is 1.95. The average molecular weight is 268 g/mol. The summed E-state index contributed by atoms with van der Waals surface area (Å²) in [7, 11) is 0. The van der Waals surface area contributed by atoms with Gasteiger partial charge in [0.25, 0.3) is 0 Å². The number of nitrogens with one attached hydrogen (secondary N) is 1. The molecular formula is C13H15ClFN3. The maximum absolute atomic E-state index is 13.2. The lowest BCUT2D eigenvalue weighted by Gasteiger charge is -2.12. The molecule has 1 N–H and O–H groups in total. The van der Waals surface area contributed by atoms with E-state index in [1.807, 2.05) is 17.7 Å². The van der Waals surface area contributed by atoms with E-state index in [1.165, 1.54) is 12.1 Å². The SMILES string of the molecule is Cc1cn(C(C)C)c(Nc2cc(F)cc(Cl)c2)n1. The highest BCUT2D eigenvalue weighted by molar-refractivity contribution is 6.30. The van der Waals surface area contributed by atoms with Crippen molar-refractivity contribution in [2.24, 2.45) is 0 Å². The zero-order chi connectivity index (χ0) is 13.3. The fourth-order valence-electron chi connectivity index (χ4n) is 1.76. The molecule has 1 aromatic heterocycles. The van der Waals surface area contributed by atoms with Crippen LogP contribution in [0.1, 0.15) is 25.6 Å². The Morgan fingerprint density at radius 1 is 1.33 bits per heavy atom. The van der Waals surface area contributed by atoms with Gasteiger partial charge in [-0.05, 0) is 39.0 Å². The van der Waals surface area contributed by atoms with Crippen molar-refractivity contribution in [1.29, 1.82) is 0 Å². The number of benzene rings is 1. The number of aryl methyl sites for hydroxylation is 1. The molecule has 0 aliphatic rings. The smallest absolute Gasteiger partial charge is 0.207 e. The molecule has 0 aliphatic heterocycles. The third-order valence-electron chi connectivity index (χ3n) is 2.53. The largest absolute Gasteiger partial charge is 0.325 e. The summed E-state index contributed by atoms with van der Waals surface area (Å²) < 4.78 is 15.2. The lowest BCUT2D eigenvalue weighted by molar-refractivity contribution is 0.607. The average Bonchev–Trinajstić information content (AvgIpc) is 2.57. The van der Waals surface area contributed by atoms with Crippen molar-refractivity contribution >= 4 is 23.2 Å². The highest BCUT2D eigenvalue weighted by atomic mass is 35.5. The molecule has 1 aromatic carbocycles. The lowest BCUT2D eigenvalue weighted by atomic mass is 10.3. The zero-order valence-corrected chi connectivity index (χ0v) is 11.3. The third kappa shape index (κ3) is 2.82. The number of nitrogens with zero attached hydrogens (tertiary/aromatic N) is 2. The van der Waals surface area contributed by atoms with Crippen LogP contribution < -0.4 is 5.32 Å². The van der Waals surface area contributed by atoms with Crippen LogP contribution >= 0.6 is 11.6 Å². The van der Waals surface area contributed by atoms with Gasteiger partial charge in [0.05, 0.1) is 5.69 Å². The molecule has 0 amide bonds. The van der Waals surface area contributed by atoms with Crippen LogP contribution in [-0.4, -0.2) is 9.55 Å². The minimum Gasteiger partial charge on any atom is -0.325 e. The van der Waals surface area contributed by atoms with E-state index in [2.05, 4.69) is 24.1 Å². The van der Waals surface area contributed by atoms with E-state index in [4.69, 9.17) is 11.6 Å². The molecule has 0 spiro atoms. The Balaban J connectivity index is 2.33. The monoisotopic (exact) mass is 267 g/mol. The number of imidazole rings is 1. The fourth-order valence-corrected chi connectivity index (χ4v) is 1.98. The van der Waals surface area contributed by atoms with Crippen LogP contribution in [-0.2, 0) is 0 Å². The standard InChI is InChI=1S/C13H15ClFN3/c1-8(2)18-7-9(3)16-13(18)17-12-5-10(14)4-11(15)6-12/h4-8H,1-3H3,(H,16,17). The van der Waals surface area contributed by atoms with Gasteiger partial charge in [0.15, 0.2) is 0 Å². The van der Waals surface area contributed by atoms with Crippen molar-refractivity contribution in [3.63, 3.8) is 0 Å². The Morgan fingerprint density at radius 3 is 2.67 bits per heavy atom. The molecule has 0 unspecified atom stereocenters. The van der Waals surface area contributed by atoms with Gasteiger partial charge in [0.2, 0.25) is 5.95 Å². The minimum absolute atomic E-state index is 0.276. The second-order valence-electron chi connectivity index (χ2n) is 4.49. The van der Waals surface area contributed by atoms with Crippen LogP contribution in [0.3, 0.4) is 0 Å². The first kappa shape index (κ1) is 12.9. The quantitative estimate of drug-likeness (QED) is 0.898. The van der Waals surface area contributed by atoms with Crippen molar-refractivity contribution < 1.29 is 4.39 Å². The molecule has 18 heavy (non-hydrogen) atoms. The molecule has 0 bridgehead atoms. The van der Waals surface area contributed by atoms with E-state index >= 15 is 0 Å². The second-order valence-corrected chi connectivity index (χ2v) is 4.93. The molecule has 1 heterocycles. The maximum atomic E-state index is 13.2. The summed E-state index contributed by atoms with van der Waals surface area (Å²) >= 11 is 5.82. The maximum Gasteiger partial charge on any atom is 0.207 e. The third-order valence-corrected chi connectivity index (χ3v) is 2.75. The van der Waals surface area contributed by atoms with Gasteiger partial charge in [-0.2, -0.15) is 0 Å². The Hall–Kier alpha value is -1.55. The van der Waals surface area contributed by atoms with Gasteiger partial charge >= 0.3 is 0 Å². The van der Waals surface area contributed by atoms with E-state index in [0.29, 0.717) is 16.7 Å². The van der Waals surface area contributed by atoms with Crippen molar-refractivity contribution in [1.82, 2.24) is 9.55 Å². The van der Waals surface area contributed by atoms with Crippen molar-refractivity contribution in [3.8, 4) is 0 Å². The van der Waals surface area contributed by atoms with E-state index < -0.39 is 0 Å². The molecule has 0 fully saturated rings. The van der Waals surface area contributed by atoms with Gasteiger partial charge < -0.3 is 9.88 Å². The molecule has 5 heteroatoms. The van der Waals surface area contributed by atoms with Crippen LogP contribution in [0.15, 0.2) is 24.4 Å². The number of hydrogen-bond donors (Lipinski definition) is 1. The highest BCUT2D eigenvalue weighted by Gasteiger charge is 2.09. The van der Waals surface area contributed by atoms with Crippen molar-refractivity contribution in [3.05, 3.63) is 40.9 Å². The molecule has 2 rings (SSSR count). The van der Waals surface area contributed by atoms with E-state index in [9.17, 15) is 4.39 Å². The summed E-state index contributed by atoms with van der Waals surface area (Å²) in [4.78, 5) is 4.37. The van der Waals surface area contributed by atoms with Gasteiger partial charge in [-0.15, -0.1) is 0 Å². The first-order valence-corrected chi connectivity index (χ1v) is 6.12.